The summed E-state index contributed by atoms with van der Waals surface area (Å²) in [5.74, 6) is 0. The van der Waals surface area contributed by atoms with E-state index in [1.54, 1.807) is 0 Å². The molecular formula is C19H19N3O. The van der Waals surface area contributed by atoms with Crippen LogP contribution < -0.4 is 5.73 Å². The predicted molar refractivity (Wildman–Crippen MR) is 94.5 cm³/mol. The summed E-state index contributed by atoms with van der Waals surface area (Å²) in [7, 11) is 0. The third-order valence-corrected chi connectivity index (χ3v) is 4.22. The predicted octanol–water partition coefficient (Wildman–Crippen LogP) is 4.13. The molecule has 3 aromatic rings. The van der Waals surface area contributed by atoms with Gasteiger partial charge in [0.1, 0.15) is 0 Å². The molecule has 2 aromatic carbocycles. The first-order chi connectivity index (χ1) is 11.2. The number of benzene rings is 2. The van der Waals surface area contributed by atoms with E-state index in [4.69, 9.17) is 17.4 Å². The number of hydrogen-bond acceptors (Lipinski definition) is 2. The number of nitrogens with two attached hydrogens (primary N) is 1. The second-order valence-electron chi connectivity index (χ2n) is 5.65. The maximum atomic E-state index is 9.12. The molecule has 0 aliphatic heterocycles. The Bertz CT molecular complexity index is 903. The molecular weight excluding hydrogens is 286 g/mol. The highest BCUT2D eigenvalue weighted by molar-refractivity contribution is 5.99. The molecule has 4 heteroatoms. The van der Waals surface area contributed by atoms with Crippen molar-refractivity contribution in [2.24, 2.45) is 0 Å². The summed E-state index contributed by atoms with van der Waals surface area (Å²) in [6.45, 7) is 10.2. The van der Waals surface area contributed by atoms with Gasteiger partial charge >= 0.3 is 0 Å². The smallest absolute Gasteiger partial charge is 0.188 e. The molecule has 23 heavy (non-hydrogen) atoms. The monoisotopic (exact) mass is 305 g/mol. The van der Waals surface area contributed by atoms with Crippen LogP contribution in [0.25, 0.3) is 26.9 Å². The molecule has 1 aromatic heterocycles. The van der Waals surface area contributed by atoms with Crippen molar-refractivity contribution in [1.82, 2.24) is 4.57 Å². The summed E-state index contributed by atoms with van der Waals surface area (Å²) in [4.78, 5) is 3.54. The summed E-state index contributed by atoms with van der Waals surface area (Å²) in [6.07, 6.45) is 2.79. The molecule has 0 aliphatic carbocycles. The van der Waals surface area contributed by atoms with E-state index in [0.717, 1.165) is 39.8 Å². The summed E-state index contributed by atoms with van der Waals surface area (Å²) in [5, 5.41) is 10.2. The summed E-state index contributed by atoms with van der Waals surface area (Å²) >= 11 is 0. The summed E-state index contributed by atoms with van der Waals surface area (Å²) < 4.78 is 2.14. The van der Waals surface area contributed by atoms with Gasteiger partial charge in [0.2, 0.25) is 0 Å². The second kappa shape index (κ2) is 6.15. The molecule has 3 rings (SSSR count). The first-order valence-corrected chi connectivity index (χ1v) is 7.62. The minimum absolute atomic E-state index is 0.159. The van der Waals surface area contributed by atoms with Crippen molar-refractivity contribution in [2.75, 3.05) is 12.3 Å². The van der Waals surface area contributed by atoms with Gasteiger partial charge in [0.15, 0.2) is 5.69 Å². The van der Waals surface area contributed by atoms with Gasteiger partial charge in [-0.05, 0) is 48.1 Å². The number of aromatic nitrogens is 1. The van der Waals surface area contributed by atoms with Crippen LogP contribution in [0.15, 0.2) is 42.6 Å². The number of aryl methyl sites for hydroxylation is 1. The Labute approximate surface area is 135 Å². The molecule has 4 nitrogen and oxygen atoms in total. The fraction of sp³-hybridized carbons (Fsp3) is 0.211. The SMILES string of the molecule is [C-]#[N+]c1ccc2c(c1)c(-c1cccc(N)c1C)cn2CCCO. The highest BCUT2D eigenvalue weighted by Gasteiger charge is 2.13. The Balaban J connectivity index is 2.26. The maximum Gasteiger partial charge on any atom is 0.188 e. The van der Waals surface area contributed by atoms with Crippen molar-refractivity contribution >= 4 is 22.3 Å². The van der Waals surface area contributed by atoms with Gasteiger partial charge in [0.25, 0.3) is 0 Å². The van der Waals surface area contributed by atoms with E-state index in [-0.39, 0.29) is 6.61 Å². The molecule has 0 aliphatic rings. The Morgan fingerprint density at radius 2 is 2.04 bits per heavy atom. The number of anilines is 1. The van der Waals surface area contributed by atoms with Gasteiger partial charge in [-0.1, -0.05) is 18.2 Å². The molecule has 0 amide bonds. The normalized spacial score (nSPS) is 10.8. The lowest BCUT2D eigenvalue weighted by Crippen LogP contribution is -1.98. The van der Waals surface area contributed by atoms with Gasteiger partial charge in [-0.3, -0.25) is 0 Å². The van der Waals surface area contributed by atoms with Crippen molar-refractivity contribution < 1.29 is 5.11 Å². The zero-order valence-corrected chi connectivity index (χ0v) is 13.1. The third kappa shape index (κ3) is 2.67. The zero-order chi connectivity index (χ0) is 16.4. The van der Waals surface area contributed by atoms with Gasteiger partial charge in [-0.15, -0.1) is 0 Å². The van der Waals surface area contributed by atoms with Crippen LogP contribution in [0.1, 0.15) is 12.0 Å². The van der Waals surface area contributed by atoms with E-state index in [2.05, 4.69) is 21.7 Å². The van der Waals surface area contributed by atoms with Crippen molar-refractivity contribution in [3.05, 3.63) is 59.6 Å². The van der Waals surface area contributed by atoms with Crippen LogP contribution in [0.4, 0.5) is 11.4 Å². The van der Waals surface area contributed by atoms with E-state index in [0.29, 0.717) is 12.1 Å². The number of nitrogens with zero attached hydrogens (tertiary/aromatic N) is 2. The molecule has 0 saturated carbocycles. The van der Waals surface area contributed by atoms with Crippen LogP contribution >= 0.6 is 0 Å². The molecule has 0 fully saturated rings. The first-order valence-electron chi connectivity index (χ1n) is 7.62. The quantitative estimate of drug-likeness (QED) is 0.562. The Hall–Kier alpha value is -2.77. The Morgan fingerprint density at radius 1 is 1.22 bits per heavy atom. The molecule has 3 N–H and O–H groups in total. The lowest BCUT2D eigenvalue weighted by atomic mass is 9.99. The number of rotatable bonds is 4. The highest BCUT2D eigenvalue weighted by Crippen LogP contribution is 2.36. The topological polar surface area (TPSA) is 55.5 Å². The molecule has 0 atom stereocenters. The number of hydrogen-bond donors (Lipinski definition) is 2. The van der Waals surface area contributed by atoms with E-state index >= 15 is 0 Å². The Kier molecular flexibility index (Phi) is 4.05. The van der Waals surface area contributed by atoms with Crippen LogP contribution in [-0.4, -0.2) is 16.3 Å². The molecule has 0 saturated heterocycles. The fourth-order valence-electron chi connectivity index (χ4n) is 2.94. The number of aliphatic hydroxyl groups is 1. The number of aliphatic hydroxyl groups excluding tert-OH is 1. The van der Waals surface area contributed by atoms with Gasteiger partial charge < -0.3 is 15.4 Å². The minimum Gasteiger partial charge on any atom is -0.398 e. The van der Waals surface area contributed by atoms with Gasteiger partial charge in [0, 0.05) is 36.1 Å². The molecule has 1 heterocycles. The van der Waals surface area contributed by atoms with Crippen molar-refractivity contribution in [3.8, 4) is 11.1 Å². The van der Waals surface area contributed by atoms with Crippen molar-refractivity contribution in [3.63, 3.8) is 0 Å². The van der Waals surface area contributed by atoms with Crippen LogP contribution in [0, 0.1) is 13.5 Å². The molecule has 0 radical (unpaired) electrons. The van der Waals surface area contributed by atoms with E-state index in [9.17, 15) is 0 Å². The van der Waals surface area contributed by atoms with Crippen LogP contribution in [0.2, 0.25) is 0 Å². The minimum atomic E-state index is 0.159. The number of fused-ring (bicyclic) bond motifs is 1. The number of nitrogen functional groups attached to an aromatic ring is 1. The van der Waals surface area contributed by atoms with E-state index in [1.165, 1.54) is 0 Å². The molecule has 0 unspecified atom stereocenters. The van der Waals surface area contributed by atoms with E-state index < -0.39 is 0 Å². The lowest BCUT2D eigenvalue weighted by Gasteiger charge is -2.07. The van der Waals surface area contributed by atoms with Crippen LogP contribution in [-0.2, 0) is 6.54 Å². The van der Waals surface area contributed by atoms with Crippen LogP contribution in [0.3, 0.4) is 0 Å². The standard InChI is InChI=1S/C19H19N3O/c1-13-15(5-3-6-18(13)20)17-12-22(9-4-10-23)19-8-7-14(21-2)11-16(17)19/h3,5-8,11-12,23H,4,9-10,20H2,1H3. The third-order valence-electron chi connectivity index (χ3n) is 4.22. The highest BCUT2D eigenvalue weighted by atomic mass is 16.3. The van der Waals surface area contributed by atoms with Crippen molar-refractivity contribution in [1.29, 1.82) is 0 Å². The van der Waals surface area contributed by atoms with E-state index in [1.807, 2.05) is 37.3 Å². The first kappa shape index (κ1) is 15.1. The molecule has 116 valence electrons. The summed E-state index contributed by atoms with van der Waals surface area (Å²) in [5.41, 5.74) is 11.7. The zero-order valence-electron chi connectivity index (χ0n) is 13.1. The average Bonchev–Trinajstić information content (AvgIpc) is 2.93. The van der Waals surface area contributed by atoms with Crippen molar-refractivity contribution in [2.45, 2.75) is 19.9 Å². The summed E-state index contributed by atoms with van der Waals surface area (Å²) in [6, 6.07) is 11.6. The largest absolute Gasteiger partial charge is 0.398 e. The van der Waals surface area contributed by atoms with Crippen LogP contribution in [0.5, 0.6) is 0 Å². The lowest BCUT2D eigenvalue weighted by molar-refractivity contribution is 0.280. The van der Waals surface area contributed by atoms with Gasteiger partial charge in [-0.25, -0.2) is 4.85 Å². The molecule has 0 bridgehead atoms. The van der Waals surface area contributed by atoms with Gasteiger partial charge in [-0.2, -0.15) is 0 Å². The maximum absolute atomic E-state index is 9.12. The average molecular weight is 305 g/mol. The Morgan fingerprint density at radius 3 is 2.78 bits per heavy atom. The van der Waals surface area contributed by atoms with Gasteiger partial charge in [0.05, 0.1) is 6.57 Å². The second-order valence-corrected chi connectivity index (χ2v) is 5.65. The fourth-order valence-corrected chi connectivity index (χ4v) is 2.94. The molecule has 0 spiro atoms.